The zero-order valence-electron chi connectivity index (χ0n) is 8.94. The number of benzene rings is 1. The predicted molar refractivity (Wildman–Crippen MR) is 60.2 cm³/mol. The minimum Gasteiger partial charge on any atom is -0.513 e. The topological polar surface area (TPSA) is 29.5 Å². The minimum absolute atomic E-state index is 0.211. The molecular formula is C13H16O2. The molecule has 1 N–H and O–H groups in total. The lowest BCUT2D eigenvalue weighted by Gasteiger charge is -2.21. The summed E-state index contributed by atoms with van der Waals surface area (Å²) in [6, 6.07) is 8.07. The van der Waals surface area contributed by atoms with Gasteiger partial charge in [-0.2, -0.15) is 0 Å². The molecule has 0 radical (unpaired) electrons. The molecule has 80 valence electrons. The first-order valence-corrected chi connectivity index (χ1v) is 5.35. The van der Waals surface area contributed by atoms with Crippen molar-refractivity contribution in [3.8, 4) is 5.75 Å². The molecule has 0 aliphatic heterocycles. The summed E-state index contributed by atoms with van der Waals surface area (Å²) in [5.74, 6) is 1.42. The van der Waals surface area contributed by atoms with Gasteiger partial charge in [0.1, 0.15) is 11.9 Å². The van der Waals surface area contributed by atoms with Crippen molar-refractivity contribution in [1.82, 2.24) is 0 Å². The molecule has 1 aromatic rings. The minimum atomic E-state index is 0.211. The van der Waals surface area contributed by atoms with Gasteiger partial charge in [-0.3, -0.25) is 0 Å². The lowest BCUT2D eigenvalue weighted by molar-refractivity contribution is 0.176. The number of aliphatic hydroxyl groups excluding tert-OH is 1. The summed E-state index contributed by atoms with van der Waals surface area (Å²) in [6.07, 6.45) is 4.50. The molecule has 0 heterocycles. The molecule has 15 heavy (non-hydrogen) atoms. The first-order chi connectivity index (χ1) is 7.24. The maximum absolute atomic E-state index is 9.24. The monoisotopic (exact) mass is 204 g/mol. The van der Waals surface area contributed by atoms with Crippen molar-refractivity contribution in [3.05, 3.63) is 41.7 Å². The van der Waals surface area contributed by atoms with Crippen LogP contribution in [0.5, 0.6) is 5.75 Å². The lowest BCUT2D eigenvalue weighted by atomic mass is 10.0. The van der Waals surface area contributed by atoms with Crippen LogP contribution in [0, 0.1) is 6.92 Å². The van der Waals surface area contributed by atoms with Crippen LogP contribution in [0.25, 0.3) is 0 Å². The van der Waals surface area contributed by atoms with Crippen LogP contribution in [0.15, 0.2) is 36.1 Å². The molecule has 1 aliphatic rings. The Morgan fingerprint density at radius 1 is 1.40 bits per heavy atom. The normalized spacial score (nSPS) is 20.9. The Bertz CT molecular complexity index is 369. The van der Waals surface area contributed by atoms with Crippen LogP contribution >= 0.6 is 0 Å². The summed E-state index contributed by atoms with van der Waals surface area (Å²) in [5.41, 5.74) is 1.21. The van der Waals surface area contributed by atoms with E-state index < -0.39 is 0 Å². The predicted octanol–water partition coefficient (Wildman–Crippen LogP) is 3.37. The average molecular weight is 204 g/mol. The Hall–Kier alpha value is -1.44. The summed E-state index contributed by atoms with van der Waals surface area (Å²) < 4.78 is 5.83. The molecule has 1 aromatic carbocycles. The maximum atomic E-state index is 9.24. The molecule has 2 heteroatoms. The van der Waals surface area contributed by atoms with Crippen LogP contribution in [0.1, 0.15) is 24.8 Å². The number of aryl methyl sites for hydroxylation is 1. The molecule has 0 saturated heterocycles. The van der Waals surface area contributed by atoms with Gasteiger partial charge in [-0.05, 0) is 37.1 Å². The molecule has 0 bridgehead atoms. The summed E-state index contributed by atoms with van der Waals surface area (Å²) in [5, 5.41) is 9.24. The van der Waals surface area contributed by atoms with E-state index in [4.69, 9.17) is 4.74 Å². The van der Waals surface area contributed by atoms with E-state index >= 15 is 0 Å². The largest absolute Gasteiger partial charge is 0.513 e. The Labute approximate surface area is 90.2 Å². The van der Waals surface area contributed by atoms with Gasteiger partial charge in [-0.25, -0.2) is 0 Å². The van der Waals surface area contributed by atoms with Gasteiger partial charge in [0.15, 0.2) is 0 Å². The summed E-state index contributed by atoms with van der Waals surface area (Å²) in [7, 11) is 0. The highest BCUT2D eigenvalue weighted by Gasteiger charge is 2.15. The Morgan fingerprint density at radius 2 is 2.27 bits per heavy atom. The van der Waals surface area contributed by atoms with E-state index in [1.54, 1.807) is 0 Å². The first kappa shape index (κ1) is 10.1. The van der Waals surface area contributed by atoms with Crippen LogP contribution in [0.2, 0.25) is 0 Å². The molecule has 0 fully saturated rings. The maximum Gasteiger partial charge on any atom is 0.119 e. The molecule has 2 nitrogen and oxygen atoms in total. The highest BCUT2D eigenvalue weighted by atomic mass is 16.5. The van der Waals surface area contributed by atoms with Crippen LogP contribution in [0.4, 0.5) is 0 Å². The SMILES string of the molecule is Cc1cccc(OC2CC=C(O)CC2)c1. The third-order valence-electron chi connectivity index (χ3n) is 2.63. The molecule has 0 saturated carbocycles. The fourth-order valence-corrected chi connectivity index (χ4v) is 1.78. The fraction of sp³-hybridized carbons (Fsp3) is 0.385. The zero-order chi connectivity index (χ0) is 10.7. The van der Waals surface area contributed by atoms with E-state index in [1.807, 2.05) is 24.3 Å². The number of hydrogen-bond acceptors (Lipinski definition) is 2. The second-order valence-corrected chi connectivity index (χ2v) is 4.03. The Kier molecular flexibility index (Phi) is 2.95. The number of ether oxygens (including phenoxy) is 1. The average Bonchev–Trinajstić information content (AvgIpc) is 2.22. The van der Waals surface area contributed by atoms with Crippen molar-refractivity contribution in [2.45, 2.75) is 32.3 Å². The van der Waals surface area contributed by atoms with E-state index in [1.165, 1.54) is 5.56 Å². The number of allylic oxidation sites excluding steroid dienone is 1. The van der Waals surface area contributed by atoms with Crippen molar-refractivity contribution in [2.75, 3.05) is 0 Å². The van der Waals surface area contributed by atoms with E-state index in [2.05, 4.69) is 13.0 Å². The van der Waals surface area contributed by atoms with E-state index in [9.17, 15) is 5.11 Å². The number of hydrogen-bond donors (Lipinski definition) is 1. The van der Waals surface area contributed by atoms with Crippen LogP contribution in [0.3, 0.4) is 0 Å². The molecule has 1 unspecified atom stereocenters. The van der Waals surface area contributed by atoms with E-state index in [0.29, 0.717) is 5.76 Å². The van der Waals surface area contributed by atoms with Gasteiger partial charge in [-0.15, -0.1) is 0 Å². The zero-order valence-corrected chi connectivity index (χ0v) is 8.94. The Balaban J connectivity index is 1.98. The van der Waals surface area contributed by atoms with Crippen LogP contribution in [-0.4, -0.2) is 11.2 Å². The second-order valence-electron chi connectivity index (χ2n) is 4.03. The van der Waals surface area contributed by atoms with Crippen LogP contribution < -0.4 is 4.74 Å². The quantitative estimate of drug-likeness (QED) is 0.800. The highest BCUT2D eigenvalue weighted by Crippen LogP contribution is 2.22. The van der Waals surface area contributed by atoms with Crippen LogP contribution in [-0.2, 0) is 0 Å². The van der Waals surface area contributed by atoms with Gasteiger partial charge in [0.25, 0.3) is 0 Å². The van der Waals surface area contributed by atoms with Crippen molar-refractivity contribution in [2.24, 2.45) is 0 Å². The summed E-state index contributed by atoms with van der Waals surface area (Å²) >= 11 is 0. The van der Waals surface area contributed by atoms with E-state index in [-0.39, 0.29) is 6.10 Å². The molecular weight excluding hydrogens is 188 g/mol. The molecule has 0 aromatic heterocycles. The van der Waals surface area contributed by atoms with Gasteiger partial charge in [0.05, 0.1) is 5.76 Å². The summed E-state index contributed by atoms with van der Waals surface area (Å²) in [6.45, 7) is 2.06. The standard InChI is InChI=1S/C13H16O2/c1-10-3-2-4-13(9-10)15-12-7-5-11(14)6-8-12/h2-5,9,12,14H,6-8H2,1H3. The smallest absolute Gasteiger partial charge is 0.119 e. The second kappa shape index (κ2) is 4.39. The molecule has 0 spiro atoms. The van der Waals surface area contributed by atoms with Gasteiger partial charge >= 0.3 is 0 Å². The van der Waals surface area contributed by atoms with Gasteiger partial charge in [0, 0.05) is 12.8 Å². The fourth-order valence-electron chi connectivity index (χ4n) is 1.78. The van der Waals surface area contributed by atoms with Crippen molar-refractivity contribution in [1.29, 1.82) is 0 Å². The van der Waals surface area contributed by atoms with Crippen molar-refractivity contribution >= 4 is 0 Å². The molecule has 2 rings (SSSR count). The first-order valence-electron chi connectivity index (χ1n) is 5.35. The van der Waals surface area contributed by atoms with Gasteiger partial charge in [0.2, 0.25) is 0 Å². The highest BCUT2D eigenvalue weighted by molar-refractivity contribution is 5.27. The molecule has 0 amide bonds. The lowest BCUT2D eigenvalue weighted by Crippen LogP contribution is -2.18. The van der Waals surface area contributed by atoms with E-state index in [0.717, 1.165) is 25.0 Å². The third kappa shape index (κ3) is 2.75. The Morgan fingerprint density at radius 3 is 2.93 bits per heavy atom. The van der Waals surface area contributed by atoms with Crippen molar-refractivity contribution < 1.29 is 9.84 Å². The molecule has 1 atom stereocenters. The third-order valence-corrected chi connectivity index (χ3v) is 2.63. The number of aliphatic hydroxyl groups is 1. The van der Waals surface area contributed by atoms with Gasteiger partial charge in [-0.1, -0.05) is 12.1 Å². The number of rotatable bonds is 2. The van der Waals surface area contributed by atoms with Gasteiger partial charge < -0.3 is 9.84 Å². The summed E-state index contributed by atoms with van der Waals surface area (Å²) in [4.78, 5) is 0. The van der Waals surface area contributed by atoms with Crippen molar-refractivity contribution in [3.63, 3.8) is 0 Å². The molecule has 1 aliphatic carbocycles.